The maximum atomic E-state index is 12.1. The summed E-state index contributed by atoms with van der Waals surface area (Å²) in [6.07, 6.45) is 3.72. The molecule has 2 rings (SSSR count). The quantitative estimate of drug-likeness (QED) is 0.814. The molecule has 1 aliphatic carbocycles. The summed E-state index contributed by atoms with van der Waals surface area (Å²) in [4.78, 5) is 12.1. The highest BCUT2D eigenvalue weighted by molar-refractivity contribution is 6.09. The maximum Gasteiger partial charge on any atom is 0.191 e. The molecule has 0 unspecified atom stereocenters. The molecule has 0 amide bonds. The lowest BCUT2D eigenvalue weighted by atomic mass is 9.90. The van der Waals surface area contributed by atoms with Crippen LogP contribution in [0.25, 0.3) is 0 Å². The van der Waals surface area contributed by atoms with Crippen LogP contribution in [0.1, 0.15) is 29.6 Å². The van der Waals surface area contributed by atoms with Crippen LogP contribution in [0.15, 0.2) is 35.9 Å². The maximum absolute atomic E-state index is 12.1. The van der Waals surface area contributed by atoms with Gasteiger partial charge in [-0.1, -0.05) is 6.08 Å². The first-order valence-electron chi connectivity index (χ1n) is 5.79. The molecule has 0 saturated carbocycles. The highest BCUT2D eigenvalue weighted by Crippen LogP contribution is 2.23. The molecule has 17 heavy (non-hydrogen) atoms. The van der Waals surface area contributed by atoms with E-state index in [-0.39, 0.29) is 5.78 Å². The van der Waals surface area contributed by atoms with Crippen LogP contribution >= 0.6 is 0 Å². The molecular formula is C14H16O3. The van der Waals surface area contributed by atoms with Crippen molar-refractivity contribution in [1.29, 1.82) is 0 Å². The van der Waals surface area contributed by atoms with Crippen molar-refractivity contribution in [1.82, 2.24) is 0 Å². The van der Waals surface area contributed by atoms with Crippen molar-refractivity contribution < 1.29 is 14.6 Å². The van der Waals surface area contributed by atoms with Crippen molar-refractivity contribution in [2.75, 3.05) is 7.11 Å². The zero-order valence-electron chi connectivity index (χ0n) is 9.85. The first-order chi connectivity index (χ1) is 8.22. The predicted octanol–water partition coefficient (Wildman–Crippen LogP) is 2.35. The summed E-state index contributed by atoms with van der Waals surface area (Å²) in [5, 5.41) is 9.79. The van der Waals surface area contributed by atoms with Crippen molar-refractivity contribution in [3.05, 3.63) is 41.5 Å². The number of methoxy groups -OCH3 is 1. The topological polar surface area (TPSA) is 46.5 Å². The number of hydrogen-bond acceptors (Lipinski definition) is 3. The van der Waals surface area contributed by atoms with E-state index in [1.807, 2.05) is 6.08 Å². The van der Waals surface area contributed by atoms with Crippen LogP contribution in [0.4, 0.5) is 0 Å². The third-order valence-electron chi connectivity index (χ3n) is 3.02. The number of benzene rings is 1. The van der Waals surface area contributed by atoms with Gasteiger partial charge in [0.15, 0.2) is 5.78 Å². The molecule has 90 valence electrons. The number of carbonyl (C=O) groups excluding carboxylic acids is 1. The van der Waals surface area contributed by atoms with Crippen molar-refractivity contribution >= 4 is 5.78 Å². The summed E-state index contributed by atoms with van der Waals surface area (Å²) in [7, 11) is 1.59. The van der Waals surface area contributed by atoms with Gasteiger partial charge in [-0.15, -0.1) is 0 Å². The second kappa shape index (κ2) is 5.15. The Morgan fingerprint density at radius 2 is 2.06 bits per heavy atom. The number of rotatable bonds is 3. The lowest BCUT2D eigenvalue weighted by Gasteiger charge is -2.18. The summed E-state index contributed by atoms with van der Waals surface area (Å²) in [6, 6.07) is 6.96. The molecule has 0 heterocycles. The second-order valence-corrected chi connectivity index (χ2v) is 4.16. The summed E-state index contributed by atoms with van der Waals surface area (Å²) in [5.74, 6) is 0.638. The molecule has 3 nitrogen and oxygen atoms in total. The van der Waals surface area contributed by atoms with E-state index in [1.54, 1.807) is 31.4 Å². The standard InChI is InChI=1S/C14H16O3/c1-17-11-8-6-10(7-9-11)14(16)12-4-2-3-5-13(12)15/h4,6-9,13,15H,2-3,5H2,1H3/t13-/m1/s1. The number of hydrogen-bond donors (Lipinski definition) is 1. The Morgan fingerprint density at radius 3 is 2.65 bits per heavy atom. The normalized spacial score (nSPS) is 19.6. The van der Waals surface area contributed by atoms with Gasteiger partial charge in [-0.2, -0.15) is 0 Å². The van der Waals surface area contributed by atoms with E-state index in [2.05, 4.69) is 0 Å². The molecule has 0 spiro atoms. The summed E-state index contributed by atoms with van der Waals surface area (Å²) in [6.45, 7) is 0. The largest absolute Gasteiger partial charge is 0.497 e. The van der Waals surface area contributed by atoms with Crippen molar-refractivity contribution in [3.63, 3.8) is 0 Å². The Bertz CT molecular complexity index is 431. The van der Waals surface area contributed by atoms with E-state index in [1.165, 1.54) is 0 Å². The number of aliphatic hydroxyl groups is 1. The molecule has 0 aromatic heterocycles. The Labute approximate surface area is 101 Å². The summed E-state index contributed by atoms with van der Waals surface area (Å²) >= 11 is 0. The van der Waals surface area contributed by atoms with E-state index < -0.39 is 6.10 Å². The highest BCUT2D eigenvalue weighted by Gasteiger charge is 2.22. The van der Waals surface area contributed by atoms with Crippen LogP contribution in [0.2, 0.25) is 0 Å². The first-order valence-corrected chi connectivity index (χ1v) is 5.79. The fourth-order valence-corrected chi connectivity index (χ4v) is 2.01. The Morgan fingerprint density at radius 1 is 1.35 bits per heavy atom. The van der Waals surface area contributed by atoms with E-state index in [9.17, 15) is 9.90 Å². The molecule has 1 N–H and O–H groups in total. The number of ether oxygens (including phenoxy) is 1. The zero-order valence-corrected chi connectivity index (χ0v) is 9.85. The first kappa shape index (κ1) is 11.9. The lowest BCUT2D eigenvalue weighted by molar-refractivity contribution is 0.0975. The minimum absolute atomic E-state index is 0.0835. The van der Waals surface area contributed by atoms with Crippen molar-refractivity contribution in [3.8, 4) is 5.75 Å². The molecule has 0 radical (unpaired) electrons. The predicted molar refractivity (Wildman–Crippen MR) is 65.3 cm³/mol. The summed E-state index contributed by atoms with van der Waals surface area (Å²) in [5.41, 5.74) is 1.12. The van der Waals surface area contributed by atoms with Gasteiger partial charge in [0.25, 0.3) is 0 Å². The number of ketones is 1. The SMILES string of the molecule is COc1ccc(C(=O)C2=CCCC[C@H]2O)cc1. The average molecular weight is 232 g/mol. The van der Waals surface area contributed by atoms with Gasteiger partial charge >= 0.3 is 0 Å². The number of aliphatic hydroxyl groups excluding tert-OH is 1. The smallest absolute Gasteiger partial charge is 0.191 e. The molecule has 1 atom stereocenters. The fourth-order valence-electron chi connectivity index (χ4n) is 2.01. The lowest BCUT2D eigenvalue weighted by Crippen LogP contribution is -2.20. The highest BCUT2D eigenvalue weighted by atomic mass is 16.5. The molecule has 1 aromatic carbocycles. The number of allylic oxidation sites excluding steroid dienone is 1. The Balaban J connectivity index is 2.21. The molecule has 0 aliphatic heterocycles. The van der Waals surface area contributed by atoms with Gasteiger partial charge in [0.1, 0.15) is 5.75 Å². The molecule has 0 saturated heterocycles. The second-order valence-electron chi connectivity index (χ2n) is 4.16. The van der Waals surface area contributed by atoms with Crippen LogP contribution in [0.5, 0.6) is 5.75 Å². The van der Waals surface area contributed by atoms with E-state index in [4.69, 9.17) is 4.74 Å². The number of Topliss-reactive ketones (excluding diaryl/α,β-unsaturated/α-hetero) is 1. The third-order valence-corrected chi connectivity index (χ3v) is 3.02. The van der Waals surface area contributed by atoms with Gasteiger partial charge in [-0.3, -0.25) is 4.79 Å². The van der Waals surface area contributed by atoms with Crippen molar-refractivity contribution in [2.24, 2.45) is 0 Å². The van der Waals surface area contributed by atoms with Crippen LogP contribution < -0.4 is 4.74 Å². The van der Waals surface area contributed by atoms with E-state index >= 15 is 0 Å². The fraction of sp³-hybridized carbons (Fsp3) is 0.357. The minimum Gasteiger partial charge on any atom is -0.497 e. The average Bonchev–Trinajstić information content (AvgIpc) is 2.39. The van der Waals surface area contributed by atoms with Crippen LogP contribution in [0, 0.1) is 0 Å². The monoisotopic (exact) mass is 232 g/mol. The molecule has 1 aliphatic rings. The molecular weight excluding hydrogens is 216 g/mol. The molecule has 0 fully saturated rings. The van der Waals surface area contributed by atoms with Crippen LogP contribution in [0.3, 0.4) is 0 Å². The van der Waals surface area contributed by atoms with Gasteiger partial charge in [0, 0.05) is 11.1 Å². The molecule has 1 aromatic rings. The Kier molecular flexibility index (Phi) is 3.59. The third kappa shape index (κ3) is 2.56. The minimum atomic E-state index is -0.613. The summed E-state index contributed by atoms with van der Waals surface area (Å²) < 4.78 is 5.04. The zero-order chi connectivity index (χ0) is 12.3. The van der Waals surface area contributed by atoms with Crippen LogP contribution in [-0.2, 0) is 0 Å². The van der Waals surface area contributed by atoms with E-state index in [0.29, 0.717) is 17.6 Å². The molecule has 3 heteroatoms. The van der Waals surface area contributed by atoms with Gasteiger partial charge in [-0.05, 0) is 43.5 Å². The van der Waals surface area contributed by atoms with Gasteiger partial charge in [0.05, 0.1) is 13.2 Å². The van der Waals surface area contributed by atoms with E-state index in [0.717, 1.165) is 18.6 Å². The van der Waals surface area contributed by atoms with Gasteiger partial charge in [-0.25, -0.2) is 0 Å². The molecule has 0 bridgehead atoms. The van der Waals surface area contributed by atoms with Crippen LogP contribution in [-0.4, -0.2) is 24.1 Å². The van der Waals surface area contributed by atoms with Gasteiger partial charge in [0.2, 0.25) is 0 Å². The Hall–Kier alpha value is -1.61. The van der Waals surface area contributed by atoms with Gasteiger partial charge < -0.3 is 9.84 Å². The number of carbonyl (C=O) groups is 1. The van der Waals surface area contributed by atoms with Crippen molar-refractivity contribution in [2.45, 2.75) is 25.4 Å².